The van der Waals surface area contributed by atoms with E-state index in [1.165, 1.54) is 19.3 Å². The molecule has 1 nitrogen and oxygen atoms in total. The minimum atomic E-state index is 0.337. The molecular formula is C12H19NS. The normalized spacial score (nSPS) is 23.6. The standard InChI is InChI=1S/C12H19NS/c1-8(2)12(13)10-4-3-5-11-9(10)6-7-14-11/h6-8,10,12H,3-5,13H2,1-2H3. The Balaban J connectivity index is 2.23. The van der Waals surface area contributed by atoms with Crippen molar-refractivity contribution in [2.75, 3.05) is 0 Å². The largest absolute Gasteiger partial charge is 0.327 e. The van der Waals surface area contributed by atoms with Gasteiger partial charge in [0.2, 0.25) is 0 Å². The Bertz CT molecular complexity index is 303. The van der Waals surface area contributed by atoms with E-state index in [2.05, 4.69) is 25.3 Å². The van der Waals surface area contributed by atoms with Crippen LogP contribution in [0.25, 0.3) is 0 Å². The molecule has 0 bridgehead atoms. The van der Waals surface area contributed by atoms with E-state index in [4.69, 9.17) is 5.73 Å². The smallest absolute Gasteiger partial charge is 0.0131 e. The van der Waals surface area contributed by atoms with Gasteiger partial charge in [-0.05, 0) is 42.2 Å². The first-order chi connectivity index (χ1) is 6.70. The van der Waals surface area contributed by atoms with E-state index < -0.39 is 0 Å². The average molecular weight is 209 g/mol. The van der Waals surface area contributed by atoms with Crippen LogP contribution in [-0.4, -0.2) is 6.04 Å². The molecule has 0 radical (unpaired) electrons. The van der Waals surface area contributed by atoms with Crippen molar-refractivity contribution in [3.63, 3.8) is 0 Å². The van der Waals surface area contributed by atoms with Gasteiger partial charge in [0.1, 0.15) is 0 Å². The molecule has 1 aromatic rings. The molecule has 0 aromatic carbocycles. The molecule has 0 saturated carbocycles. The van der Waals surface area contributed by atoms with Crippen molar-refractivity contribution in [3.05, 3.63) is 21.9 Å². The monoisotopic (exact) mass is 209 g/mol. The molecule has 14 heavy (non-hydrogen) atoms. The fraction of sp³-hybridized carbons (Fsp3) is 0.667. The van der Waals surface area contributed by atoms with Gasteiger partial charge < -0.3 is 5.73 Å². The van der Waals surface area contributed by atoms with Crippen molar-refractivity contribution in [1.29, 1.82) is 0 Å². The Morgan fingerprint density at radius 3 is 3.00 bits per heavy atom. The van der Waals surface area contributed by atoms with Crippen molar-refractivity contribution in [3.8, 4) is 0 Å². The fourth-order valence-electron chi connectivity index (χ4n) is 2.39. The zero-order valence-electron chi connectivity index (χ0n) is 8.99. The van der Waals surface area contributed by atoms with Crippen LogP contribution in [0.4, 0.5) is 0 Å². The van der Waals surface area contributed by atoms with E-state index in [0.29, 0.717) is 17.9 Å². The number of nitrogens with two attached hydrogens (primary N) is 1. The van der Waals surface area contributed by atoms with Gasteiger partial charge in [-0.25, -0.2) is 0 Å². The van der Waals surface area contributed by atoms with Gasteiger partial charge in [0.15, 0.2) is 0 Å². The van der Waals surface area contributed by atoms with Crippen molar-refractivity contribution >= 4 is 11.3 Å². The maximum absolute atomic E-state index is 6.27. The summed E-state index contributed by atoms with van der Waals surface area (Å²) in [6.45, 7) is 4.45. The molecule has 78 valence electrons. The number of aryl methyl sites for hydroxylation is 1. The molecule has 1 heterocycles. The minimum absolute atomic E-state index is 0.337. The molecule has 0 amide bonds. The summed E-state index contributed by atoms with van der Waals surface area (Å²) >= 11 is 1.90. The molecule has 0 spiro atoms. The molecule has 2 unspecified atom stereocenters. The van der Waals surface area contributed by atoms with Crippen LogP contribution in [0.1, 0.15) is 43.0 Å². The Morgan fingerprint density at radius 2 is 2.29 bits per heavy atom. The quantitative estimate of drug-likeness (QED) is 0.795. The summed E-state index contributed by atoms with van der Waals surface area (Å²) in [4.78, 5) is 1.58. The van der Waals surface area contributed by atoms with Crippen LogP contribution in [0.5, 0.6) is 0 Å². The second-order valence-corrected chi connectivity index (χ2v) is 5.62. The van der Waals surface area contributed by atoms with E-state index in [1.807, 2.05) is 11.3 Å². The van der Waals surface area contributed by atoms with Crippen LogP contribution >= 0.6 is 11.3 Å². The first kappa shape index (κ1) is 10.2. The van der Waals surface area contributed by atoms with Gasteiger partial charge in [-0.1, -0.05) is 13.8 Å². The SMILES string of the molecule is CC(C)C(N)C1CCCc2sccc21. The highest BCUT2D eigenvalue weighted by atomic mass is 32.1. The van der Waals surface area contributed by atoms with E-state index in [1.54, 1.807) is 10.4 Å². The topological polar surface area (TPSA) is 26.0 Å². The summed E-state index contributed by atoms with van der Waals surface area (Å²) in [6, 6.07) is 2.62. The molecule has 1 aromatic heterocycles. The predicted molar refractivity (Wildman–Crippen MR) is 62.8 cm³/mol. The maximum atomic E-state index is 6.27. The number of rotatable bonds is 2. The second-order valence-electron chi connectivity index (χ2n) is 4.62. The summed E-state index contributed by atoms with van der Waals surface area (Å²) < 4.78 is 0. The van der Waals surface area contributed by atoms with Crippen molar-refractivity contribution in [2.45, 2.75) is 45.1 Å². The third kappa shape index (κ3) is 1.73. The molecule has 2 rings (SSSR count). The third-order valence-electron chi connectivity index (χ3n) is 3.33. The minimum Gasteiger partial charge on any atom is -0.327 e. The van der Waals surface area contributed by atoms with Crippen LogP contribution in [-0.2, 0) is 6.42 Å². The molecule has 0 saturated heterocycles. The molecular weight excluding hydrogens is 190 g/mol. The van der Waals surface area contributed by atoms with Crippen molar-refractivity contribution in [1.82, 2.24) is 0 Å². The molecule has 1 aliphatic rings. The first-order valence-corrected chi connectivity index (χ1v) is 6.40. The van der Waals surface area contributed by atoms with Crippen LogP contribution in [0.15, 0.2) is 11.4 Å². The summed E-state index contributed by atoms with van der Waals surface area (Å²) in [5, 5.41) is 2.22. The maximum Gasteiger partial charge on any atom is 0.0131 e. The second kappa shape index (κ2) is 4.03. The molecule has 2 N–H and O–H groups in total. The lowest BCUT2D eigenvalue weighted by atomic mass is 9.79. The van der Waals surface area contributed by atoms with Gasteiger partial charge in [0.25, 0.3) is 0 Å². The number of fused-ring (bicyclic) bond motifs is 1. The van der Waals surface area contributed by atoms with Gasteiger partial charge in [-0.2, -0.15) is 0 Å². The van der Waals surface area contributed by atoms with Gasteiger partial charge in [0, 0.05) is 16.8 Å². The Morgan fingerprint density at radius 1 is 1.50 bits per heavy atom. The molecule has 0 aliphatic heterocycles. The zero-order valence-corrected chi connectivity index (χ0v) is 9.81. The van der Waals surface area contributed by atoms with Gasteiger partial charge in [-0.3, -0.25) is 0 Å². The first-order valence-electron chi connectivity index (χ1n) is 5.52. The van der Waals surface area contributed by atoms with Crippen LogP contribution in [0.3, 0.4) is 0 Å². The summed E-state index contributed by atoms with van der Waals surface area (Å²) in [6.07, 6.45) is 3.87. The van der Waals surface area contributed by atoms with Gasteiger partial charge in [0.05, 0.1) is 0 Å². The van der Waals surface area contributed by atoms with Crippen LogP contribution in [0.2, 0.25) is 0 Å². The van der Waals surface area contributed by atoms with Crippen LogP contribution < -0.4 is 5.73 Å². The summed E-state index contributed by atoms with van der Waals surface area (Å²) in [5.74, 6) is 1.20. The molecule has 1 aliphatic carbocycles. The molecule has 0 fully saturated rings. The number of hydrogen-bond donors (Lipinski definition) is 1. The predicted octanol–water partition coefficient (Wildman–Crippen LogP) is 3.15. The summed E-state index contributed by atoms with van der Waals surface area (Å²) in [5.41, 5.74) is 7.81. The Labute approximate surface area is 90.3 Å². The Hall–Kier alpha value is -0.340. The van der Waals surface area contributed by atoms with Gasteiger partial charge in [-0.15, -0.1) is 11.3 Å². The van der Waals surface area contributed by atoms with E-state index in [9.17, 15) is 0 Å². The lowest BCUT2D eigenvalue weighted by Crippen LogP contribution is -2.35. The lowest BCUT2D eigenvalue weighted by Gasteiger charge is -2.30. The molecule has 2 heteroatoms. The van der Waals surface area contributed by atoms with Crippen molar-refractivity contribution in [2.24, 2.45) is 11.7 Å². The fourth-order valence-corrected chi connectivity index (χ4v) is 3.38. The number of thiophene rings is 1. The molecule has 2 atom stereocenters. The number of hydrogen-bond acceptors (Lipinski definition) is 2. The summed E-state index contributed by atoms with van der Waals surface area (Å²) in [7, 11) is 0. The van der Waals surface area contributed by atoms with Crippen LogP contribution in [0, 0.1) is 5.92 Å². The highest BCUT2D eigenvalue weighted by molar-refractivity contribution is 7.10. The van der Waals surface area contributed by atoms with Gasteiger partial charge >= 0.3 is 0 Å². The van der Waals surface area contributed by atoms with E-state index in [-0.39, 0.29) is 0 Å². The van der Waals surface area contributed by atoms with E-state index >= 15 is 0 Å². The van der Waals surface area contributed by atoms with E-state index in [0.717, 1.165) is 0 Å². The zero-order chi connectivity index (χ0) is 10.1. The Kier molecular flexibility index (Phi) is 2.93. The average Bonchev–Trinajstić information content (AvgIpc) is 2.63. The highest BCUT2D eigenvalue weighted by Crippen LogP contribution is 2.37. The highest BCUT2D eigenvalue weighted by Gasteiger charge is 2.27. The lowest BCUT2D eigenvalue weighted by molar-refractivity contribution is 0.382. The third-order valence-corrected chi connectivity index (χ3v) is 4.33. The van der Waals surface area contributed by atoms with Crippen molar-refractivity contribution < 1.29 is 0 Å².